The maximum atomic E-state index is 12.7. The third-order valence-corrected chi connectivity index (χ3v) is 2.69. The highest BCUT2D eigenvalue weighted by Gasteiger charge is 2.16. The lowest BCUT2D eigenvalue weighted by Gasteiger charge is -2.21. The molecule has 0 aliphatic heterocycles. The lowest BCUT2D eigenvalue weighted by molar-refractivity contribution is 0.103. The van der Waals surface area contributed by atoms with Gasteiger partial charge < -0.3 is 15.1 Å². The summed E-state index contributed by atoms with van der Waals surface area (Å²) in [5.74, 6) is -0.294. The third-order valence-electron chi connectivity index (χ3n) is 2.69. The van der Waals surface area contributed by atoms with Gasteiger partial charge in [-0.1, -0.05) is 12.1 Å². The second-order valence-electron chi connectivity index (χ2n) is 4.61. The molecule has 0 saturated heterocycles. The number of hydrogen-bond acceptors (Lipinski definition) is 3. The van der Waals surface area contributed by atoms with Crippen LogP contribution < -0.4 is 0 Å². The molecule has 1 aromatic rings. The molecular weight excluding hydrogens is 221 g/mol. The summed E-state index contributed by atoms with van der Waals surface area (Å²) in [6.07, 6.45) is -0.187. The molecular formula is C13H20FNO2. The van der Waals surface area contributed by atoms with Gasteiger partial charge in [0.15, 0.2) is 0 Å². The van der Waals surface area contributed by atoms with Gasteiger partial charge in [-0.2, -0.15) is 0 Å². The number of nitrogens with zero attached hydrogens (tertiary/aromatic N) is 1. The first kappa shape index (κ1) is 14.1. The van der Waals surface area contributed by atoms with Crippen LogP contribution in [0.25, 0.3) is 0 Å². The minimum atomic E-state index is -0.660. The van der Waals surface area contributed by atoms with Crippen molar-refractivity contribution >= 4 is 0 Å². The average Bonchev–Trinajstić information content (AvgIpc) is 2.28. The van der Waals surface area contributed by atoms with Gasteiger partial charge >= 0.3 is 0 Å². The maximum absolute atomic E-state index is 12.7. The minimum Gasteiger partial charge on any atom is -0.396 e. The van der Waals surface area contributed by atoms with Gasteiger partial charge in [0.2, 0.25) is 0 Å². The Bertz CT molecular complexity index is 327. The second kappa shape index (κ2) is 6.69. The molecule has 0 radical (unpaired) electrons. The molecule has 3 nitrogen and oxygen atoms in total. The first-order valence-electron chi connectivity index (χ1n) is 5.72. The van der Waals surface area contributed by atoms with Crippen LogP contribution in [0.5, 0.6) is 0 Å². The van der Waals surface area contributed by atoms with Crippen molar-refractivity contribution in [2.24, 2.45) is 5.92 Å². The number of hydrogen-bond donors (Lipinski definition) is 2. The van der Waals surface area contributed by atoms with Crippen LogP contribution in [0.1, 0.15) is 18.1 Å². The normalized spacial score (nSPS) is 14.9. The van der Waals surface area contributed by atoms with Crippen LogP contribution in [-0.2, 0) is 0 Å². The van der Waals surface area contributed by atoms with Crippen molar-refractivity contribution in [2.45, 2.75) is 12.5 Å². The Kier molecular flexibility index (Phi) is 5.55. The number of rotatable bonds is 6. The van der Waals surface area contributed by atoms with Crippen molar-refractivity contribution in [2.75, 3.05) is 27.2 Å². The van der Waals surface area contributed by atoms with E-state index < -0.39 is 6.10 Å². The lowest BCUT2D eigenvalue weighted by Crippen LogP contribution is -2.25. The molecule has 0 aromatic heterocycles. The third kappa shape index (κ3) is 4.81. The van der Waals surface area contributed by atoms with E-state index in [0.717, 1.165) is 6.54 Å². The Hall–Kier alpha value is -0.970. The fourth-order valence-corrected chi connectivity index (χ4v) is 1.86. The molecule has 0 spiro atoms. The van der Waals surface area contributed by atoms with Crippen molar-refractivity contribution in [1.82, 2.24) is 4.90 Å². The van der Waals surface area contributed by atoms with E-state index in [4.69, 9.17) is 0 Å². The Morgan fingerprint density at radius 1 is 1.24 bits per heavy atom. The van der Waals surface area contributed by atoms with Crippen molar-refractivity contribution in [3.05, 3.63) is 35.6 Å². The monoisotopic (exact) mass is 241 g/mol. The van der Waals surface area contributed by atoms with Gasteiger partial charge in [-0.25, -0.2) is 4.39 Å². The Morgan fingerprint density at radius 3 is 2.29 bits per heavy atom. The molecule has 1 aromatic carbocycles. The molecule has 2 atom stereocenters. The van der Waals surface area contributed by atoms with Crippen molar-refractivity contribution in [1.29, 1.82) is 0 Å². The molecule has 96 valence electrons. The molecule has 0 aliphatic rings. The Balaban J connectivity index is 2.57. The number of benzene rings is 1. The predicted octanol–water partition coefficient (Wildman–Crippen LogP) is 1.42. The van der Waals surface area contributed by atoms with E-state index in [2.05, 4.69) is 0 Å². The fourth-order valence-electron chi connectivity index (χ4n) is 1.86. The zero-order chi connectivity index (χ0) is 12.8. The van der Waals surface area contributed by atoms with Crippen molar-refractivity contribution in [3.63, 3.8) is 0 Å². The first-order chi connectivity index (χ1) is 8.02. The molecule has 2 unspecified atom stereocenters. The molecule has 1 rings (SSSR count). The van der Waals surface area contributed by atoms with Gasteiger partial charge in [0.05, 0.1) is 6.10 Å². The minimum absolute atomic E-state index is 0.0186. The Morgan fingerprint density at radius 2 is 1.82 bits per heavy atom. The van der Waals surface area contributed by atoms with Crippen LogP contribution in [0, 0.1) is 11.7 Å². The molecule has 0 bridgehead atoms. The van der Waals surface area contributed by atoms with Crippen LogP contribution >= 0.6 is 0 Å². The predicted molar refractivity (Wildman–Crippen MR) is 65.1 cm³/mol. The summed E-state index contributed by atoms with van der Waals surface area (Å²) in [6.45, 7) is 0.755. The molecule has 0 aliphatic carbocycles. The number of halogens is 1. The quantitative estimate of drug-likeness (QED) is 0.791. The highest BCUT2D eigenvalue weighted by atomic mass is 19.1. The molecule has 0 heterocycles. The van der Waals surface area contributed by atoms with Crippen LogP contribution in [0.2, 0.25) is 0 Å². The molecule has 0 fully saturated rings. The SMILES string of the molecule is CN(C)CC(CO)CC(O)c1ccc(F)cc1. The highest BCUT2D eigenvalue weighted by molar-refractivity contribution is 5.18. The Labute approximate surface area is 101 Å². The first-order valence-corrected chi connectivity index (χ1v) is 5.72. The molecule has 2 N–H and O–H groups in total. The van der Waals surface area contributed by atoms with Gasteiger partial charge in [0, 0.05) is 13.2 Å². The zero-order valence-electron chi connectivity index (χ0n) is 10.3. The van der Waals surface area contributed by atoms with E-state index in [1.807, 2.05) is 19.0 Å². The van der Waals surface area contributed by atoms with E-state index >= 15 is 0 Å². The van der Waals surface area contributed by atoms with Crippen LogP contribution in [0.15, 0.2) is 24.3 Å². The number of aliphatic hydroxyl groups is 2. The summed E-state index contributed by atoms with van der Waals surface area (Å²) >= 11 is 0. The van der Waals surface area contributed by atoms with E-state index in [1.54, 1.807) is 12.1 Å². The summed E-state index contributed by atoms with van der Waals surface area (Å²) in [5.41, 5.74) is 0.684. The van der Waals surface area contributed by atoms with Crippen molar-refractivity contribution < 1.29 is 14.6 Å². The topological polar surface area (TPSA) is 43.7 Å². The zero-order valence-corrected chi connectivity index (χ0v) is 10.3. The molecule has 0 saturated carbocycles. The van der Waals surface area contributed by atoms with Gasteiger partial charge in [-0.05, 0) is 44.1 Å². The van der Waals surface area contributed by atoms with E-state index in [9.17, 15) is 14.6 Å². The van der Waals surface area contributed by atoms with E-state index in [0.29, 0.717) is 12.0 Å². The summed E-state index contributed by atoms with van der Waals surface area (Å²) in [7, 11) is 3.85. The highest BCUT2D eigenvalue weighted by Crippen LogP contribution is 2.21. The van der Waals surface area contributed by atoms with Gasteiger partial charge in [-0.15, -0.1) is 0 Å². The summed E-state index contributed by atoms with van der Waals surface area (Å²) in [4.78, 5) is 1.97. The summed E-state index contributed by atoms with van der Waals surface area (Å²) in [5, 5.41) is 19.2. The van der Waals surface area contributed by atoms with E-state index in [1.165, 1.54) is 12.1 Å². The summed E-state index contributed by atoms with van der Waals surface area (Å²) < 4.78 is 12.7. The fraction of sp³-hybridized carbons (Fsp3) is 0.538. The van der Waals surface area contributed by atoms with E-state index in [-0.39, 0.29) is 18.3 Å². The van der Waals surface area contributed by atoms with Gasteiger partial charge in [0.1, 0.15) is 5.82 Å². The molecule has 0 amide bonds. The molecule has 17 heavy (non-hydrogen) atoms. The van der Waals surface area contributed by atoms with Crippen LogP contribution in [0.4, 0.5) is 4.39 Å². The van der Waals surface area contributed by atoms with Crippen LogP contribution in [-0.4, -0.2) is 42.4 Å². The van der Waals surface area contributed by atoms with Gasteiger partial charge in [0.25, 0.3) is 0 Å². The van der Waals surface area contributed by atoms with Crippen molar-refractivity contribution in [3.8, 4) is 0 Å². The average molecular weight is 241 g/mol. The van der Waals surface area contributed by atoms with Crippen LogP contribution in [0.3, 0.4) is 0 Å². The maximum Gasteiger partial charge on any atom is 0.123 e. The smallest absolute Gasteiger partial charge is 0.123 e. The van der Waals surface area contributed by atoms with Gasteiger partial charge in [-0.3, -0.25) is 0 Å². The lowest BCUT2D eigenvalue weighted by atomic mass is 9.97. The second-order valence-corrected chi connectivity index (χ2v) is 4.61. The molecule has 4 heteroatoms. The largest absolute Gasteiger partial charge is 0.396 e. The standard InChI is InChI=1S/C13H20FNO2/c1-15(2)8-10(9-16)7-13(17)11-3-5-12(14)6-4-11/h3-6,10,13,16-17H,7-9H2,1-2H3. The number of aliphatic hydroxyl groups excluding tert-OH is 2. The summed E-state index contributed by atoms with van der Waals surface area (Å²) in [6, 6.07) is 5.81.